The number of carbonyl (C=O) groups is 2. The van der Waals surface area contributed by atoms with E-state index in [0.29, 0.717) is 23.0 Å². The van der Waals surface area contributed by atoms with Crippen molar-refractivity contribution < 1.29 is 9.59 Å². The van der Waals surface area contributed by atoms with Crippen molar-refractivity contribution in [1.82, 2.24) is 15.3 Å². The van der Waals surface area contributed by atoms with Crippen LogP contribution in [-0.4, -0.2) is 27.8 Å². The highest BCUT2D eigenvalue weighted by molar-refractivity contribution is 6.30. The lowest BCUT2D eigenvalue weighted by Gasteiger charge is -2.17. The average molecular weight is 371 g/mol. The topological polar surface area (TPSA) is 86.9 Å². The van der Waals surface area contributed by atoms with Crippen LogP contribution in [0.3, 0.4) is 0 Å². The van der Waals surface area contributed by atoms with Crippen molar-refractivity contribution >= 4 is 40.4 Å². The van der Waals surface area contributed by atoms with Crippen molar-refractivity contribution in [2.75, 3.05) is 5.32 Å². The Balaban J connectivity index is 1.70. The number of hydrogen-bond donors (Lipinski definition) is 3. The molecule has 0 fully saturated rings. The SMILES string of the molecule is CCC[C@@H](NC(=O)c1ccc(Cl)cc1)C(=O)Nc1nc2ccccc2[nH]1. The zero-order chi connectivity index (χ0) is 18.5. The summed E-state index contributed by atoms with van der Waals surface area (Å²) in [6, 6.07) is 13.4. The van der Waals surface area contributed by atoms with E-state index in [1.807, 2.05) is 31.2 Å². The Morgan fingerprint density at radius 3 is 2.58 bits per heavy atom. The number of aromatic nitrogens is 2. The van der Waals surface area contributed by atoms with E-state index in [1.165, 1.54) is 0 Å². The molecule has 0 spiro atoms. The van der Waals surface area contributed by atoms with Crippen molar-refractivity contribution in [3.05, 3.63) is 59.1 Å². The highest BCUT2D eigenvalue weighted by atomic mass is 35.5. The van der Waals surface area contributed by atoms with Gasteiger partial charge in [-0.05, 0) is 42.8 Å². The fourth-order valence-electron chi connectivity index (χ4n) is 2.62. The molecule has 6 nitrogen and oxygen atoms in total. The maximum atomic E-state index is 12.6. The molecule has 1 heterocycles. The molecule has 3 N–H and O–H groups in total. The summed E-state index contributed by atoms with van der Waals surface area (Å²) in [6.45, 7) is 1.95. The van der Waals surface area contributed by atoms with Crippen molar-refractivity contribution in [3.63, 3.8) is 0 Å². The summed E-state index contributed by atoms with van der Waals surface area (Å²) < 4.78 is 0. The minimum Gasteiger partial charge on any atom is -0.340 e. The maximum absolute atomic E-state index is 12.6. The molecule has 0 saturated carbocycles. The predicted octanol–water partition coefficient (Wildman–Crippen LogP) is 3.75. The molecular weight excluding hydrogens is 352 g/mol. The van der Waals surface area contributed by atoms with Gasteiger partial charge in [0.15, 0.2) is 0 Å². The molecule has 0 saturated heterocycles. The van der Waals surface area contributed by atoms with Gasteiger partial charge in [0.2, 0.25) is 11.9 Å². The highest BCUT2D eigenvalue weighted by Crippen LogP contribution is 2.14. The Morgan fingerprint density at radius 1 is 1.15 bits per heavy atom. The molecule has 2 amide bonds. The summed E-state index contributed by atoms with van der Waals surface area (Å²) in [5.41, 5.74) is 2.05. The van der Waals surface area contributed by atoms with Crippen LogP contribution in [-0.2, 0) is 4.79 Å². The van der Waals surface area contributed by atoms with Crippen LogP contribution >= 0.6 is 11.6 Å². The zero-order valence-electron chi connectivity index (χ0n) is 14.3. The number of amides is 2. The Bertz CT molecular complexity index is 888. The second kappa shape index (κ2) is 8.01. The van der Waals surface area contributed by atoms with Crippen molar-refractivity contribution in [2.45, 2.75) is 25.8 Å². The number of benzene rings is 2. The normalized spacial score (nSPS) is 11.9. The first-order valence-electron chi connectivity index (χ1n) is 8.39. The quantitative estimate of drug-likeness (QED) is 0.617. The van der Waals surface area contributed by atoms with Crippen LogP contribution < -0.4 is 10.6 Å². The number of hydrogen-bond acceptors (Lipinski definition) is 3. The van der Waals surface area contributed by atoms with Gasteiger partial charge in [-0.2, -0.15) is 0 Å². The molecule has 0 aliphatic rings. The monoisotopic (exact) mass is 370 g/mol. The van der Waals surface area contributed by atoms with Gasteiger partial charge in [0, 0.05) is 10.6 Å². The van der Waals surface area contributed by atoms with E-state index < -0.39 is 6.04 Å². The van der Waals surface area contributed by atoms with Gasteiger partial charge in [0.1, 0.15) is 6.04 Å². The van der Waals surface area contributed by atoms with Crippen molar-refractivity contribution in [2.24, 2.45) is 0 Å². The summed E-state index contributed by atoms with van der Waals surface area (Å²) in [4.78, 5) is 32.3. The van der Waals surface area contributed by atoms with Crippen LogP contribution in [0.15, 0.2) is 48.5 Å². The van der Waals surface area contributed by atoms with E-state index >= 15 is 0 Å². The molecule has 0 unspecified atom stereocenters. The van der Waals surface area contributed by atoms with E-state index in [4.69, 9.17) is 11.6 Å². The minimum absolute atomic E-state index is 0.312. The van der Waals surface area contributed by atoms with E-state index in [9.17, 15) is 9.59 Å². The molecule has 3 aromatic rings. The highest BCUT2D eigenvalue weighted by Gasteiger charge is 2.21. The van der Waals surface area contributed by atoms with Crippen LogP contribution in [0.2, 0.25) is 5.02 Å². The van der Waals surface area contributed by atoms with E-state index in [1.54, 1.807) is 24.3 Å². The molecule has 7 heteroatoms. The van der Waals surface area contributed by atoms with Crippen LogP contribution in [0.5, 0.6) is 0 Å². The molecule has 3 rings (SSSR count). The number of H-pyrrole nitrogens is 1. The summed E-state index contributed by atoms with van der Waals surface area (Å²) in [7, 11) is 0. The van der Waals surface area contributed by atoms with E-state index in [2.05, 4.69) is 20.6 Å². The average Bonchev–Trinajstić information content (AvgIpc) is 3.04. The minimum atomic E-state index is -0.656. The molecule has 134 valence electrons. The van der Waals surface area contributed by atoms with Gasteiger partial charge < -0.3 is 10.3 Å². The number of fused-ring (bicyclic) bond motifs is 1. The number of nitrogens with one attached hydrogen (secondary N) is 3. The summed E-state index contributed by atoms with van der Waals surface area (Å²) in [5, 5.41) is 6.06. The van der Waals surface area contributed by atoms with Crippen LogP contribution in [0, 0.1) is 0 Å². The Labute approximate surface area is 156 Å². The standard InChI is InChI=1S/C19H19ClN4O2/c1-2-5-16(21-17(25)12-8-10-13(20)11-9-12)18(26)24-19-22-14-6-3-4-7-15(14)23-19/h3-4,6-11,16H,2,5H2,1H3,(H,21,25)(H2,22,23,24,26)/t16-/m1/s1. The smallest absolute Gasteiger partial charge is 0.251 e. The first-order valence-corrected chi connectivity index (χ1v) is 8.76. The van der Waals surface area contributed by atoms with Crippen molar-refractivity contribution in [3.8, 4) is 0 Å². The fraction of sp³-hybridized carbons (Fsp3) is 0.211. The molecule has 1 atom stereocenters. The van der Waals surface area contributed by atoms with Crippen LogP contribution in [0.1, 0.15) is 30.1 Å². The molecule has 1 aromatic heterocycles. The van der Waals surface area contributed by atoms with Crippen LogP contribution in [0.4, 0.5) is 5.95 Å². The molecule has 0 aliphatic heterocycles. The van der Waals surface area contributed by atoms with Gasteiger partial charge >= 0.3 is 0 Å². The molecule has 0 radical (unpaired) electrons. The predicted molar refractivity (Wildman–Crippen MR) is 102 cm³/mol. The van der Waals surface area contributed by atoms with Gasteiger partial charge in [-0.25, -0.2) is 4.98 Å². The van der Waals surface area contributed by atoms with Gasteiger partial charge in [0.25, 0.3) is 5.91 Å². The Morgan fingerprint density at radius 2 is 1.88 bits per heavy atom. The number of aromatic amines is 1. The third-order valence-electron chi connectivity index (χ3n) is 3.94. The Kier molecular flexibility index (Phi) is 5.53. The molecule has 0 aliphatic carbocycles. The summed E-state index contributed by atoms with van der Waals surface area (Å²) in [6.07, 6.45) is 1.27. The maximum Gasteiger partial charge on any atom is 0.251 e. The first kappa shape index (κ1) is 17.9. The third kappa shape index (κ3) is 4.21. The number of nitrogens with zero attached hydrogens (tertiary/aromatic N) is 1. The number of anilines is 1. The lowest BCUT2D eigenvalue weighted by Crippen LogP contribution is -2.43. The summed E-state index contributed by atoms with van der Waals surface area (Å²) in [5.74, 6) is -0.272. The summed E-state index contributed by atoms with van der Waals surface area (Å²) >= 11 is 5.84. The van der Waals surface area contributed by atoms with E-state index in [0.717, 1.165) is 17.5 Å². The largest absolute Gasteiger partial charge is 0.340 e. The Hall–Kier alpha value is -2.86. The van der Waals surface area contributed by atoms with Gasteiger partial charge in [-0.3, -0.25) is 14.9 Å². The number of rotatable bonds is 6. The second-order valence-corrected chi connectivity index (χ2v) is 6.35. The van der Waals surface area contributed by atoms with Gasteiger partial charge in [-0.15, -0.1) is 0 Å². The molecule has 0 bridgehead atoms. The van der Waals surface area contributed by atoms with Crippen molar-refractivity contribution in [1.29, 1.82) is 0 Å². The molecule has 26 heavy (non-hydrogen) atoms. The number of carbonyl (C=O) groups excluding carboxylic acids is 2. The fourth-order valence-corrected chi connectivity index (χ4v) is 2.74. The lowest BCUT2D eigenvalue weighted by atomic mass is 10.1. The number of halogens is 1. The van der Waals surface area contributed by atoms with Crippen LogP contribution in [0.25, 0.3) is 11.0 Å². The number of para-hydroxylation sites is 2. The third-order valence-corrected chi connectivity index (χ3v) is 4.19. The van der Waals surface area contributed by atoms with E-state index in [-0.39, 0.29) is 11.8 Å². The number of imidazole rings is 1. The van der Waals surface area contributed by atoms with Gasteiger partial charge in [-0.1, -0.05) is 37.1 Å². The molecule has 2 aromatic carbocycles. The zero-order valence-corrected chi connectivity index (χ0v) is 15.0. The molecular formula is C19H19ClN4O2. The second-order valence-electron chi connectivity index (χ2n) is 5.91. The lowest BCUT2D eigenvalue weighted by molar-refractivity contribution is -0.118. The van der Waals surface area contributed by atoms with Gasteiger partial charge in [0.05, 0.1) is 11.0 Å². The first-order chi connectivity index (χ1) is 12.6.